The first-order valence-electron chi connectivity index (χ1n) is 7.64. The lowest BCUT2D eigenvalue weighted by molar-refractivity contribution is -0.123. The van der Waals surface area contributed by atoms with Crippen LogP contribution in [0.4, 0.5) is 4.79 Å². The van der Waals surface area contributed by atoms with Crippen molar-refractivity contribution in [2.24, 2.45) is 5.92 Å². The van der Waals surface area contributed by atoms with Crippen LogP contribution in [0.15, 0.2) is 30.3 Å². The van der Waals surface area contributed by atoms with Gasteiger partial charge in [-0.25, -0.2) is 4.79 Å². The fourth-order valence-electron chi connectivity index (χ4n) is 3.29. The van der Waals surface area contributed by atoms with Gasteiger partial charge in [0.25, 0.3) is 0 Å². The summed E-state index contributed by atoms with van der Waals surface area (Å²) in [4.78, 5) is 23.5. The molecular formula is C16H21N3O2. The molecule has 1 aliphatic carbocycles. The minimum absolute atomic E-state index is 0.0405. The number of amides is 3. The topological polar surface area (TPSA) is 70.2 Å². The lowest BCUT2D eigenvalue weighted by atomic mass is 9.91. The number of carbonyl (C=O) groups is 2. The Morgan fingerprint density at radius 3 is 2.52 bits per heavy atom. The van der Waals surface area contributed by atoms with Crippen molar-refractivity contribution in [3.63, 3.8) is 0 Å². The quantitative estimate of drug-likeness (QED) is 0.789. The van der Waals surface area contributed by atoms with Crippen LogP contribution in [0, 0.1) is 5.92 Å². The summed E-state index contributed by atoms with van der Waals surface area (Å²) in [7, 11) is 0. The van der Waals surface area contributed by atoms with Crippen LogP contribution in [0.2, 0.25) is 0 Å². The second-order valence-electron chi connectivity index (χ2n) is 5.85. The number of rotatable bonds is 4. The van der Waals surface area contributed by atoms with Gasteiger partial charge >= 0.3 is 6.03 Å². The predicted octanol–water partition coefficient (Wildman–Crippen LogP) is 1.72. The van der Waals surface area contributed by atoms with Crippen molar-refractivity contribution in [3.05, 3.63) is 35.9 Å². The second-order valence-corrected chi connectivity index (χ2v) is 5.85. The largest absolute Gasteiger partial charge is 0.347 e. The van der Waals surface area contributed by atoms with E-state index in [9.17, 15) is 9.59 Å². The van der Waals surface area contributed by atoms with Gasteiger partial charge in [0.15, 0.2) is 0 Å². The SMILES string of the molecule is O=C1NC[C@H](C(=O)N[C@@H](c2ccccc2)C2CCCC2)N1. The Morgan fingerprint density at radius 2 is 1.90 bits per heavy atom. The Morgan fingerprint density at radius 1 is 1.19 bits per heavy atom. The van der Waals surface area contributed by atoms with Crippen molar-refractivity contribution < 1.29 is 9.59 Å². The molecule has 0 bridgehead atoms. The second kappa shape index (κ2) is 6.16. The van der Waals surface area contributed by atoms with E-state index in [1.807, 2.05) is 18.2 Å². The van der Waals surface area contributed by atoms with E-state index in [2.05, 4.69) is 28.1 Å². The maximum atomic E-state index is 12.4. The number of benzene rings is 1. The van der Waals surface area contributed by atoms with Crippen LogP contribution >= 0.6 is 0 Å². The summed E-state index contributed by atoms with van der Waals surface area (Å²) in [5, 5.41) is 8.41. The van der Waals surface area contributed by atoms with Gasteiger partial charge < -0.3 is 16.0 Å². The molecule has 1 aromatic rings. The number of urea groups is 1. The number of hydrogen-bond donors (Lipinski definition) is 3. The van der Waals surface area contributed by atoms with E-state index >= 15 is 0 Å². The first kappa shape index (κ1) is 13.9. The molecule has 3 amide bonds. The maximum absolute atomic E-state index is 12.4. The summed E-state index contributed by atoms with van der Waals surface area (Å²) in [6, 6.07) is 9.42. The molecule has 0 aromatic heterocycles. The highest BCUT2D eigenvalue weighted by atomic mass is 16.2. The Hall–Kier alpha value is -2.04. The molecule has 0 spiro atoms. The Kier molecular flexibility index (Phi) is 4.08. The average Bonchev–Trinajstić information content (AvgIpc) is 3.17. The van der Waals surface area contributed by atoms with E-state index in [4.69, 9.17) is 0 Å². The predicted molar refractivity (Wildman–Crippen MR) is 79.6 cm³/mol. The Bertz CT molecular complexity index is 512. The minimum atomic E-state index is -0.467. The number of nitrogens with one attached hydrogen (secondary N) is 3. The summed E-state index contributed by atoms with van der Waals surface area (Å²) >= 11 is 0. The number of carbonyl (C=O) groups excluding carboxylic acids is 2. The summed E-state index contributed by atoms with van der Waals surface area (Å²) < 4.78 is 0. The Balaban J connectivity index is 1.73. The molecule has 112 valence electrons. The molecule has 1 heterocycles. The van der Waals surface area contributed by atoms with Crippen molar-refractivity contribution in [1.82, 2.24) is 16.0 Å². The highest BCUT2D eigenvalue weighted by Crippen LogP contribution is 2.35. The molecule has 0 unspecified atom stereocenters. The molecule has 5 nitrogen and oxygen atoms in total. The van der Waals surface area contributed by atoms with E-state index in [0.717, 1.165) is 18.4 Å². The van der Waals surface area contributed by atoms with E-state index < -0.39 is 6.04 Å². The molecule has 2 atom stereocenters. The first-order chi connectivity index (χ1) is 10.2. The molecule has 21 heavy (non-hydrogen) atoms. The standard InChI is InChI=1S/C16H21N3O2/c20-15(13-10-17-16(21)18-13)19-14(12-8-4-5-9-12)11-6-2-1-3-7-11/h1-3,6-7,12-14H,4-5,8-10H2,(H,19,20)(H2,17,18,21)/t13-,14+/m1/s1. The zero-order valence-corrected chi connectivity index (χ0v) is 12.0. The molecule has 3 rings (SSSR count). The molecule has 2 fully saturated rings. The third-order valence-corrected chi connectivity index (χ3v) is 4.42. The van der Waals surface area contributed by atoms with Gasteiger partial charge in [0.05, 0.1) is 6.04 Å². The van der Waals surface area contributed by atoms with Crippen LogP contribution in [0.5, 0.6) is 0 Å². The smallest absolute Gasteiger partial charge is 0.315 e. The normalized spacial score (nSPS) is 23.4. The van der Waals surface area contributed by atoms with Gasteiger partial charge in [0.2, 0.25) is 5.91 Å². The van der Waals surface area contributed by atoms with Gasteiger partial charge in [-0.15, -0.1) is 0 Å². The van der Waals surface area contributed by atoms with Crippen molar-refractivity contribution in [1.29, 1.82) is 0 Å². The fraction of sp³-hybridized carbons (Fsp3) is 0.500. The van der Waals surface area contributed by atoms with E-state index in [1.165, 1.54) is 12.8 Å². The molecule has 2 aliphatic rings. The van der Waals surface area contributed by atoms with Gasteiger partial charge in [0.1, 0.15) is 6.04 Å². The van der Waals surface area contributed by atoms with E-state index in [1.54, 1.807) is 0 Å². The van der Waals surface area contributed by atoms with Gasteiger partial charge in [-0.2, -0.15) is 0 Å². The van der Waals surface area contributed by atoms with Crippen molar-refractivity contribution in [2.75, 3.05) is 6.54 Å². The summed E-state index contributed by atoms with van der Waals surface area (Å²) in [5.74, 6) is 0.385. The van der Waals surface area contributed by atoms with Gasteiger partial charge in [-0.1, -0.05) is 43.2 Å². The Labute approximate surface area is 124 Å². The first-order valence-corrected chi connectivity index (χ1v) is 7.64. The van der Waals surface area contributed by atoms with Crippen LogP contribution in [0.25, 0.3) is 0 Å². The average molecular weight is 287 g/mol. The maximum Gasteiger partial charge on any atom is 0.315 e. The van der Waals surface area contributed by atoms with Gasteiger partial charge in [-0.05, 0) is 24.3 Å². The molecule has 1 saturated carbocycles. The fourth-order valence-corrected chi connectivity index (χ4v) is 3.29. The monoisotopic (exact) mass is 287 g/mol. The van der Waals surface area contributed by atoms with Crippen molar-refractivity contribution in [2.45, 2.75) is 37.8 Å². The number of hydrogen-bond acceptors (Lipinski definition) is 2. The van der Waals surface area contributed by atoms with Gasteiger partial charge in [0, 0.05) is 6.54 Å². The van der Waals surface area contributed by atoms with E-state index in [0.29, 0.717) is 12.5 Å². The molecule has 1 aromatic carbocycles. The summed E-state index contributed by atoms with van der Waals surface area (Å²) in [6.07, 6.45) is 4.75. The highest BCUT2D eigenvalue weighted by Gasteiger charge is 2.32. The molecular weight excluding hydrogens is 266 g/mol. The third kappa shape index (κ3) is 3.17. The summed E-state index contributed by atoms with van der Waals surface area (Å²) in [6.45, 7) is 0.358. The van der Waals surface area contributed by atoms with Gasteiger partial charge in [-0.3, -0.25) is 4.79 Å². The zero-order valence-electron chi connectivity index (χ0n) is 12.0. The third-order valence-electron chi connectivity index (χ3n) is 4.42. The molecule has 3 N–H and O–H groups in total. The van der Waals surface area contributed by atoms with Crippen LogP contribution in [0.3, 0.4) is 0 Å². The van der Waals surface area contributed by atoms with Crippen LogP contribution in [-0.4, -0.2) is 24.5 Å². The lowest BCUT2D eigenvalue weighted by Crippen LogP contribution is -2.45. The van der Waals surface area contributed by atoms with E-state index in [-0.39, 0.29) is 18.0 Å². The minimum Gasteiger partial charge on any atom is -0.347 e. The molecule has 1 saturated heterocycles. The molecule has 5 heteroatoms. The van der Waals surface area contributed by atoms with Crippen molar-refractivity contribution in [3.8, 4) is 0 Å². The summed E-state index contributed by atoms with van der Waals surface area (Å²) in [5.41, 5.74) is 1.15. The highest BCUT2D eigenvalue weighted by molar-refractivity contribution is 5.90. The van der Waals surface area contributed by atoms with Crippen LogP contribution in [-0.2, 0) is 4.79 Å². The van der Waals surface area contributed by atoms with Crippen LogP contribution < -0.4 is 16.0 Å². The molecule has 0 radical (unpaired) electrons. The van der Waals surface area contributed by atoms with Crippen LogP contribution in [0.1, 0.15) is 37.3 Å². The zero-order chi connectivity index (χ0) is 14.7. The lowest BCUT2D eigenvalue weighted by Gasteiger charge is -2.26. The van der Waals surface area contributed by atoms with Crippen molar-refractivity contribution >= 4 is 11.9 Å². The molecule has 1 aliphatic heterocycles.